The molecule has 134 valence electrons. The van der Waals surface area contributed by atoms with Crippen LogP contribution in [-0.2, 0) is 4.79 Å². The van der Waals surface area contributed by atoms with Crippen LogP contribution in [0.2, 0.25) is 5.15 Å². The average Bonchev–Trinajstić information content (AvgIpc) is 3.38. The Bertz CT molecular complexity index is 955. The average molecular weight is 372 g/mol. The molecule has 1 aromatic carbocycles. The zero-order valence-corrected chi connectivity index (χ0v) is 15.1. The Hall–Kier alpha value is -2.34. The normalized spacial score (nSPS) is 21.8. The van der Waals surface area contributed by atoms with Gasteiger partial charge < -0.3 is 9.47 Å². The van der Waals surface area contributed by atoms with Crippen LogP contribution >= 0.6 is 11.6 Å². The smallest absolute Gasteiger partial charge is 0.240 e. The lowest BCUT2D eigenvalue weighted by Crippen LogP contribution is -2.24. The van der Waals surface area contributed by atoms with E-state index in [9.17, 15) is 4.79 Å². The van der Waals surface area contributed by atoms with Crippen molar-refractivity contribution in [3.05, 3.63) is 28.9 Å². The molecule has 1 fully saturated rings. The second kappa shape index (κ2) is 5.84. The zero-order chi connectivity index (χ0) is 17.8. The molecule has 7 heteroatoms. The molecule has 2 aromatic rings. The summed E-state index contributed by atoms with van der Waals surface area (Å²) < 4.78 is 11.3. The molecule has 3 aliphatic rings. The van der Waals surface area contributed by atoms with Crippen LogP contribution < -0.4 is 9.47 Å². The Labute approximate surface area is 155 Å². The number of halogens is 1. The summed E-state index contributed by atoms with van der Waals surface area (Å²) in [6.45, 7) is 2.60. The fourth-order valence-corrected chi connectivity index (χ4v) is 3.94. The third kappa shape index (κ3) is 2.60. The molecule has 3 heterocycles. The molecule has 1 amide bonds. The summed E-state index contributed by atoms with van der Waals surface area (Å²) in [6.07, 6.45) is 3.04. The van der Waals surface area contributed by atoms with Crippen molar-refractivity contribution >= 4 is 34.1 Å². The molecule has 0 saturated heterocycles. The maximum absolute atomic E-state index is 12.1. The molecule has 26 heavy (non-hydrogen) atoms. The van der Waals surface area contributed by atoms with E-state index in [0.717, 1.165) is 41.4 Å². The second-order valence-corrected chi connectivity index (χ2v) is 7.36. The lowest BCUT2D eigenvalue weighted by Gasteiger charge is -2.22. The Kier molecular flexibility index (Phi) is 3.57. The van der Waals surface area contributed by atoms with E-state index in [-0.39, 0.29) is 11.9 Å². The van der Waals surface area contributed by atoms with E-state index in [0.29, 0.717) is 35.8 Å². The number of benzene rings is 1. The van der Waals surface area contributed by atoms with Crippen LogP contribution in [0.5, 0.6) is 11.5 Å². The first kappa shape index (κ1) is 15.9. The van der Waals surface area contributed by atoms with Crippen molar-refractivity contribution in [1.82, 2.24) is 9.99 Å². The van der Waals surface area contributed by atoms with Crippen molar-refractivity contribution in [2.75, 3.05) is 13.2 Å². The monoisotopic (exact) mass is 371 g/mol. The summed E-state index contributed by atoms with van der Waals surface area (Å²) in [5, 5.41) is 7.44. The minimum atomic E-state index is -0.194. The highest BCUT2D eigenvalue weighted by Crippen LogP contribution is 2.43. The van der Waals surface area contributed by atoms with Crippen LogP contribution in [0.25, 0.3) is 10.9 Å². The van der Waals surface area contributed by atoms with Crippen molar-refractivity contribution < 1.29 is 14.3 Å². The topological polar surface area (TPSA) is 64.0 Å². The lowest BCUT2D eigenvalue weighted by molar-refractivity contribution is -0.130. The van der Waals surface area contributed by atoms with Gasteiger partial charge in [0, 0.05) is 36.1 Å². The van der Waals surface area contributed by atoms with Gasteiger partial charge in [-0.1, -0.05) is 11.6 Å². The van der Waals surface area contributed by atoms with Crippen molar-refractivity contribution in [3.63, 3.8) is 0 Å². The SMILES string of the molecule is CC(=O)N1N=C(C2CC2)C[C@@H]1c1cc2cc3c(cc2nc1Cl)OCCO3. The minimum Gasteiger partial charge on any atom is -0.486 e. The number of hydrazone groups is 1. The van der Waals surface area contributed by atoms with Crippen LogP contribution in [0.15, 0.2) is 23.3 Å². The first-order valence-corrected chi connectivity index (χ1v) is 9.25. The number of hydrogen-bond acceptors (Lipinski definition) is 5. The van der Waals surface area contributed by atoms with Crippen LogP contribution in [0.1, 0.15) is 37.8 Å². The molecule has 0 N–H and O–H groups in total. The summed E-state index contributed by atoms with van der Waals surface area (Å²) in [4.78, 5) is 16.7. The molecule has 1 aliphatic carbocycles. The Morgan fingerprint density at radius 3 is 2.62 bits per heavy atom. The summed E-state index contributed by atoms with van der Waals surface area (Å²) in [6, 6.07) is 5.57. The van der Waals surface area contributed by atoms with Gasteiger partial charge in [-0.2, -0.15) is 5.10 Å². The fraction of sp³-hybridized carbons (Fsp3) is 0.421. The molecule has 2 aliphatic heterocycles. The van der Waals surface area contributed by atoms with Gasteiger partial charge in [-0.15, -0.1) is 0 Å². The number of nitrogens with zero attached hydrogens (tertiary/aromatic N) is 3. The molecular formula is C19H18ClN3O3. The number of amides is 1. The van der Waals surface area contributed by atoms with E-state index >= 15 is 0 Å². The molecule has 0 unspecified atom stereocenters. The molecule has 1 atom stereocenters. The molecule has 0 spiro atoms. The summed E-state index contributed by atoms with van der Waals surface area (Å²) in [7, 11) is 0. The minimum absolute atomic E-state index is 0.0796. The predicted octanol–water partition coefficient (Wildman–Crippen LogP) is 3.72. The molecular weight excluding hydrogens is 354 g/mol. The van der Waals surface area contributed by atoms with Crippen LogP contribution in [0, 0.1) is 5.92 Å². The number of fused-ring (bicyclic) bond motifs is 2. The van der Waals surface area contributed by atoms with Gasteiger partial charge in [0.1, 0.15) is 18.4 Å². The highest BCUT2D eigenvalue weighted by molar-refractivity contribution is 6.30. The lowest BCUT2D eigenvalue weighted by atomic mass is 10.00. The molecule has 1 aromatic heterocycles. The van der Waals surface area contributed by atoms with Crippen molar-refractivity contribution in [2.45, 2.75) is 32.2 Å². The fourth-order valence-electron chi connectivity index (χ4n) is 3.67. The van der Waals surface area contributed by atoms with Crippen LogP contribution in [0.3, 0.4) is 0 Å². The standard InChI is InChI=1S/C19H18ClN3O3/c1-10(24)23-16(8-15(22-23)11-2-3-11)13-6-12-7-17-18(26-5-4-25-17)9-14(12)21-19(13)20/h6-7,9,11,16H,2-5,8H2,1H3/t16-/m1/s1. The molecule has 1 saturated carbocycles. The summed E-state index contributed by atoms with van der Waals surface area (Å²) in [5.41, 5.74) is 2.67. The summed E-state index contributed by atoms with van der Waals surface area (Å²) in [5.74, 6) is 1.84. The van der Waals surface area contributed by atoms with Gasteiger partial charge >= 0.3 is 0 Å². The summed E-state index contributed by atoms with van der Waals surface area (Å²) >= 11 is 6.51. The van der Waals surface area contributed by atoms with Crippen LogP contribution in [-0.4, -0.2) is 34.8 Å². The van der Waals surface area contributed by atoms with E-state index in [2.05, 4.69) is 10.1 Å². The van der Waals surface area contributed by atoms with Gasteiger partial charge in [0.2, 0.25) is 5.91 Å². The molecule has 0 bridgehead atoms. The highest BCUT2D eigenvalue weighted by atomic mass is 35.5. The van der Waals surface area contributed by atoms with E-state index < -0.39 is 0 Å². The Morgan fingerprint density at radius 1 is 1.19 bits per heavy atom. The number of pyridine rings is 1. The third-order valence-corrected chi connectivity index (χ3v) is 5.43. The van der Waals surface area contributed by atoms with Crippen molar-refractivity contribution in [3.8, 4) is 11.5 Å². The van der Waals surface area contributed by atoms with Gasteiger partial charge in [-0.05, 0) is 30.9 Å². The predicted molar refractivity (Wildman–Crippen MR) is 97.8 cm³/mol. The number of carbonyl (C=O) groups is 1. The van der Waals surface area contributed by atoms with Gasteiger partial charge in [0.15, 0.2) is 11.5 Å². The van der Waals surface area contributed by atoms with E-state index in [1.54, 1.807) is 5.01 Å². The van der Waals surface area contributed by atoms with E-state index in [4.69, 9.17) is 21.1 Å². The third-order valence-electron chi connectivity index (χ3n) is 5.12. The first-order chi connectivity index (χ1) is 12.6. The molecule has 6 nitrogen and oxygen atoms in total. The highest BCUT2D eigenvalue weighted by Gasteiger charge is 2.39. The van der Waals surface area contributed by atoms with Crippen molar-refractivity contribution in [2.24, 2.45) is 11.0 Å². The first-order valence-electron chi connectivity index (χ1n) is 8.87. The number of ether oxygens (including phenoxy) is 2. The van der Waals surface area contributed by atoms with Gasteiger partial charge in [-0.25, -0.2) is 9.99 Å². The zero-order valence-electron chi connectivity index (χ0n) is 14.4. The van der Waals surface area contributed by atoms with E-state index in [1.807, 2.05) is 18.2 Å². The van der Waals surface area contributed by atoms with Gasteiger partial charge in [-0.3, -0.25) is 4.79 Å². The van der Waals surface area contributed by atoms with Crippen LogP contribution in [0.4, 0.5) is 0 Å². The van der Waals surface area contributed by atoms with E-state index in [1.165, 1.54) is 6.92 Å². The maximum atomic E-state index is 12.1. The van der Waals surface area contributed by atoms with Gasteiger partial charge in [0.05, 0.1) is 11.6 Å². The quantitative estimate of drug-likeness (QED) is 0.755. The largest absolute Gasteiger partial charge is 0.486 e. The molecule has 5 rings (SSSR count). The molecule has 0 radical (unpaired) electrons. The Morgan fingerprint density at radius 2 is 1.92 bits per heavy atom. The number of rotatable bonds is 2. The Balaban J connectivity index is 1.57. The van der Waals surface area contributed by atoms with Crippen molar-refractivity contribution in [1.29, 1.82) is 0 Å². The maximum Gasteiger partial charge on any atom is 0.240 e. The van der Waals surface area contributed by atoms with Gasteiger partial charge in [0.25, 0.3) is 0 Å². The number of aromatic nitrogens is 1. The second-order valence-electron chi connectivity index (χ2n) is 7.01. The number of hydrogen-bond donors (Lipinski definition) is 0. The number of carbonyl (C=O) groups excluding carboxylic acids is 1.